The minimum absolute atomic E-state index is 0.398. The number of allylic oxidation sites excluding steroid dienone is 1. The summed E-state index contributed by atoms with van der Waals surface area (Å²) in [6.45, 7) is 4.10. The molecule has 19 heavy (non-hydrogen) atoms. The number of sulfone groups is 1. The van der Waals surface area contributed by atoms with Gasteiger partial charge >= 0.3 is 0 Å². The van der Waals surface area contributed by atoms with Crippen LogP contribution in [0.15, 0.2) is 45.8 Å². The van der Waals surface area contributed by atoms with Gasteiger partial charge in [-0.05, 0) is 37.1 Å². The Morgan fingerprint density at radius 3 is 2.32 bits per heavy atom. The molecule has 1 atom stereocenters. The third kappa shape index (κ3) is 4.77. The Bertz CT molecular complexity index is 503. The Labute approximate surface area is 125 Å². The molecule has 0 aliphatic carbocycles. The van der Waals surface area contributed by atoms with Gasteiger partial charge < -0.3 is 0 Å². The first-order valence-electron chi connectivity index (χ1n) is 6.68. The van der Waals surface area contributed by atoms with Crippen LogP contribution in [0.5, 0.6) is 0 Å². The number of unbranched alkanes of at least 4 members (excludes halogenated alkanes) is 1. The van der Waals surface area contributed by atoms with E-state index in [0.717, 1.165) is 23.7 Å². The molecule has 0 N–H and O–H groups in total. The molecule has 0 saturated carbocycles. The zero-order valence-corrected chi connectivity index (χ0v) is 13.9. The molecule has 0 heterocycles. The maximum atomic E-state index is 12.6. The first-order chi connectivity index (χ1) is 9.02. The van der Waals surface area contributed by atoms with Crippen LogP contribution in [0.25, 0.3) is 0 Å². The van der Waals surface area contributed by atoms with Crippen LogP contribution in [-0.2, 0) is 9.84 Å². The summed E-state index contributed by atoms with van der Waals surface area (Å²) in [5, 5.41) is -0.412. The molecule has 1 rings (SSSR count). The van der Waals surface area contributed by atoms with Gasteiger partial charge in [-0.3, -0.25) is 0 Å². The molecule has 0 aliphatic heterocycles. The molecular weight excluding hydrogens is 324 g/mol. The highest BCUT2D eigenvalue weighted by Gasteiger charge is 2.24. The second kappa shape index (κ2) is 7.85. The molecule has 2 nitrogen and oxygen atoms in total. The zero-order chi connectivity index (χ0) is 14.3. The fourth-order valence-corrected chi connectivity index (χ4v) is 3.85. The lowest BCUT2D eigenvalue weighted by Crippen LogP contribution is -2.19. The maximum absolute atomic E-state index is 12.6. The highest BCUT2D eigenvalue weighted by atomic mass is 79.9. The predicted octanol–water partition coefficient (Wildman–Crippen LogP) is 4.75. The summed E-state index contributed by atoms with van der Waals surface area (Å²) < 4.78 is 26.0. The van der Waals surface area contributed by atoms with Crippen molar-refractivity contribution in [1.29, 1.82) is 0 Å². The molecular formula is C15H21BrO2S. The molecule has 106 valence electrons. The van der Waals surface area contributed by atoms with Gasteiger partial charge in [-0.25, -0.2) is 8.42 Å². The third-order valence-corrected chi connectivity index (χ3v) is 5.57. The summed E-state index contributed by atoms with van der Waals surface area (Å²) in [4.78, 5) is 0.398. The molecule has 0 radical (unpaired) electrons. The second-order valence-corrected chi connectivity index (χ2v) is 7.63. The van der Waals surface area contributed by atoms with Gasteiger partial charge in [0, 0.05) is 4.47 Å². The fourth-order valence-electron chi connectivity index (χ4n) is 1.85. The summed E-state index contributed by atoms with van der Waals surface area (Å²) >= 11 is 3.32. The van der Waals surface area contributed by atoms with Gasteiger partial charge in [0.1, 0.15) is 0 Å². The van der Waals surface area contributed by atoms with Gasteiger partial charge in [-0.2, -0.15) is 0 Å². The molecule has 4 heteroatoms. The van der Waals surface area contributed by atoms with E-state index >= 15 is 0 Å². The first kappa shape index (κ1) is 16.4. The summed E-state index contributed by atoms with van der Waals surface area (Å²) in [7, 11) is -3.27. The van der Waals surface area contributed by atoms with Crippen LogP contribution in [-0.4, -0.2) is 13.7 Å². The highest BCUT2D eigenvalue weighted by Crippen LogP contribution is 2.22. The smallest absolute Gasteiger partial charge is 0.184 e. The fraction of sp³-hybridized carbons (Fsp3) is 0.467. The Morgan fingerprint density at radius 1 is 1.16 bits per heavy atom. The molecule has 0 amide bonds. The van der Waals surface area contributed by atoms with Gasteiger partial charge in [0.2, 0.25) is 0 Å². The van der Waals surface area contributed by atoms with E-state index in [0.29, 0.717) is 11.3 Å². The summed E-state index contributed by atoms with van der Waals surface area (Å²) in [5.41, 5.74) is 0. The lowest BCUT2D eigenvalue weighted by Gasteiger charge is -2.13. The van der Waals surface area contributed by atoms with Crippen molar-refractivity contribution in [2.75, 3.05) is 0 Å². The van der Waals surface area contributed by atoms with Gasteiger partial charge in [-0.15, -0.1) is 0 Å². The van der Waals surface area contributed by atoms with Crippen LogP contribution in [0.3, 0.4) is 0 Å². The number of halogens is 1. The topological polar surface area (TPSA) is 34.1 Å². The molecule has 1 aromatic carbocycles. The first-order valence-corrected chi connectivity index (χ1v) is 9.02. The second-order valence-electron chi connectivity index (χ2n) is 4.54. The van der Waals surface area contributed by atoms with Gasteiger partial charge in [0.25, 0.3) is 0 Å². The van der Waals surface area contributed by atoms with Crippen molar-refractivity contribution >= 4 is 25.8 Å². The average Bonchev–Trinajstić information content (AvgIpc) is 2.38. The predicted molar refractivity (Wildman–Crippen MR) is 84.1 cm³/mol. The van der Waals surface area contributed by atoms with Crippen molar-refractivity contribution in [3.05, 3.63) is 40.9 Å². The van der Waals surface area contributed by atoms with Crippen LogP contribution in [0.2, 0.25) is 0 Å². The number of benzene rings is 1. The lowest BCUT2D eigenvalue weighted by molar-refractivity contribution is 0.582. The number of hydrogen-bond acceptors (Lipinski definition) is 2. The Balaban J connectivity index is 3.01. The minimum Gasteiger partial charge on any atom is -0.223 e. The Kier molecular flexibility index (Phi) is 6.80. The molecule has 0 aliphatic rings. The van der Waals surface area contributed by atoms with E-state index in [1.54, 1.807) is 24.3 Å². The third-order valence-electron chi connectivity index (χ3n) is 2.92. The van der Waals surface area contributed by atoms with Gasteiger partial charge in [0.05, 0.1) is 10.1 Å². The molecule has 0 aromatic heterocycles. The maximum Gasteiger partial charge on any atom is 0.184 e. The van der Waals surface area contributed by atoms with E-state index in [9.17, 15) is 8.42 Å². The van der Waals surface area contributed by atoms with E-state index in [-0.39, 0.29) is 0 Å². The van der Waals surface area contributed by atoms with E-state index in [1.807, 2.05) is 19.1 Å². The summed E-state index contributed by atoms with van der Waals surface area (Å²) in [5.74, 6) is 0. The van der Waals surface area contributed by atoms with Gasteiger partial charge in [0.15, 0.2) is 9.84 Å². The van der Waals surface area contributed by atoms with Crippen molar-refractivity contribution < 1.29 is 8.42 Å². The Hall–Kier alpha value is -0.610. The van der Waals surface area contributed by atoms with Crippen LogP contribution < -0.4 is 0 Å². The zero-order valence-electron chi connectivity index (χ0n) is 11.5. The summed E-state index contributed by atoms with van der Waals surface area (Å²) in [6.07, 6.45) is 7.32. The van der Waals surface area contributed by atoms with E-state index in [1.165, 1.54) is 0 Å². The van der Waals surface area contributed by atoms with Crippen molar-refractivity contribution in [3.8, 4) is 0 Å². The van der Waals surface area contributed by atoms with Crippen LogP contribution >= 0.6 is 15.9 Å². The SMILES string of the molecule is CCC/C=C\C(CCC)S(=O)(=O)c1ccc(Br)cc1. The molecule has 0 fully saturated rings. The van der Waals surface area contributed by atoms with Crippen LogP contribution in [0.4, 0.5) is 0 Å². The monoisotopic (exact) mass is 344 g/mol. The summed E-state index contributed by atoms with van der Waals surface area (Å²) in [6, 6.07) is 6.86. The van der Waals surface area contributed by atoms with E-state index in [4.69, 9.17) is 0 Å². The quantitative estimate of drug-likeness (QED) is 0.669. The van der Waals surface area contributed by atoms with Crippen molar-refractivity contribution in [1.82, 2.24) is 0 Å². The molecule has 1 aromatic rings. The van der Waals surface area contributed by atoms with Crippen LogP contribution in [0.1, 0.15) is 39.5 Å². The number of hydrogen-bond donors (Lipinski definition) is 0. The normalized spacial score (nSPS) is 13.8. The van der Waals surface area contributed by atoms with Gasteiger partial charge in [-0.1, -0.05) is 54.8 Å². The molecule has 0 saturated heterocycles. The molecule has 0 spiro atoms. The number of rotatable bonds is 7. The van der Waals surface area contributed by atoms with Crippen molar-refractivity contribution in [2.45, 2.75) is 49.7 Å². The standard InChI is InChI=1S/C15H21BrO2S/c1-3-5-6-8-14(7-4-2)19(17,18)15-11-9-13(16)10-12-15/h6,8-12,14H,3-5,7H2,1-2H3/b8-6-. The largest absolute Gasteiger partial charge is 0.223 e. The van der Waals surface area contributed by atoms with E-state index in [2.05, 4.69) is 22.9 Å². The molecule has 1 unspecified atom stereocenters. The Morgan fingerprint density at radius 2 is 1.79 bits per heavy atom. The minimum atomic E-state index is -3.27. The highest BCUT2D eigenvalue weighted by molar-refractivity contribution is 9.10. The molecule has 0 bridgehead atoms. The van der Waals surface area contributed by atoms with Crippen molar-refractivity contribution in [2.24, 2.45) is 0 Å². The van der Waals surface area contributed by atoms with E-state index < -0.39 is 15.1 Å². The average molecular weight is 345 g/mol. The van der Waals surface area contributed by atoms with Crippen LogP contribution in [0, 0.1) is 0 Å². The lowest BCUT2D eigenvalue weighted by atomic mass is 10.2. The van der Waals surface area contributed by atoms with Crippen molar-refractivity contribution in [3.63, 3.8) is 0 Å².